The maximum atomic E-state index is 12.4. The summed E-state index contributed by atoms with van der Waals surface area (Å²) in [6.07, 6.45) is 3.90. The van der Waals surface area contributed by atoms with Crippen LogP contribution in [0.2, 0.25) is 0 Å². The van der Waals surface area contributed by atoms with Gasteiger partial charge in [-0.1, -0.05) is 12.8 Å². The van der Waals surface area contributed by atoms with Crippen molar-refractivity contribution in [1.29, 1.82) is 0 Å². The molecule has 0 spiro atoms. The van der Waals surface area contributed by atoms with Crippen LogP contribution in [-0.4, -0.2) is 24.5 Å². The second kappa shape index (κ2) is 7.89. The van der Waals surface area contributed by atoms with E-state index in [1.807, 2.05) is 0 Å². The van der Waals surface area contributed by atoms with Gasteiger partial charge in [0.1, 0.15) is 11.8 Å². The van der Waals surface area contributed by atoms with E-state index in [-0.39, 0.29) is 23.5 Å². The number of halogens is 2. The second-order valence-electron chi connectivity index (χ2n) is 5.61. The molecular weight excluding hydrogens is 306 g/mol. The number of ether oxygens (including phenoxy) is 1. The van der Waals surface area contributed by atoms with Crippen molar-refractivity contribution in [2.24, 2.45) is 5.92 Å². The summed E-state index contributed by atoms with van der Waals surface area (Å²) in [6.45, 7) is -1.51. The number of rotatable bonds is 6. The molecule has 0 aliphatic heterocycles. The fourth-order valence-corrected chi connectivity index (χ4v) is 2.85. The zero-order chi connectivity index (χ0) is 16.8. The van der Waals surface area contributed by atoms with Gasteiger partial charge in [0, 0.05) is 12.6 Å². The zero-order valence-corrected chi connectivity index (χ0v) is 12.9. The van der Waals surface area contributed by atoms with Crippen LogP contribution >= 0.6 is 0 Å². The van der Waals surface area contributed by atoms with Gasteiger partial charge in [-0.25, -0.2) is 0 Å². The van der Waals surface area contributed by atoms with Gasteiger partial charge in [-0.2, -0.15) is 8.78 Å². The Morgan fingerprint density at radius 2 is 1.78 bits per heavy atom. The van der Waals surface area contributed by atoms with Gasteiger partial charge in [-0.3, -0.25) is 9.59 Å². The minimum atomic E-state index is -2.89. The van der Waals surface area contributed by atoms with Gasteiger partial charge in [-0.05, 0) is 43.0 Å². The van der Waals surface area contributed by atoms with Gasteiger partial charge in [0.25, 0.3) is 0 Å². The number of carbonyl (C=O) groups is 2. The third kappa shape index (κ3) is 5.19. The smallest absolute Gasteiger partial charge is 0.387 e. The maximum absolute atomic E-state index is 12.4. The Morgan fingerprint density at radius 3 is 2.30 bits per heavy atom. The minimum absolute atomic E-state index is 0.0206. The molecule has 1 aromatic rings. The molecule has 2 rings (SSSR count). The number of alkyl halides is 2. The highest BCUT2D eigenvalue weighted by Crippen LogP contribution is 2.28. The summed E-state index contributed by atoms with van der Waals surface area (Å²) in [5, 5.41) is 5.41. The summed E-state index contributed by atoms with van der Waals surface area (Å²) in [7, 11) is 0. The Hall–Kier alpha value is -2.18. The van der Waals surface area contributed by atoms with E-state index in [1.54, 1.807) is 0 Å². The maximum Gasteiger partial charge on any atom is 0.387 e. The lowest BCUT2D eigenvalue weighted by Crippen LogP contribution is -2.47. The largest absolute Gasteiger partial charge is 0.435 e. The van der Waals surface area contributed by atoms with Crippen LogP contribution < -0.4 is 15.4 Å². The molecule has 1 aromatic carbocycles. The van der Waals surface area contributed by atoms with E-state index >= 15 is 0 Å². The van der Waals surface area contributed by atoms with Crippen LogP contribution in [0.1, 0.15) is 32.6 Å². The highest BCUT2D eigenvalue weighted by Gasteiger charge is 2.31. The van der Waals surface area contributed by atoms with Crippen LogP contribution in [0.25, 0.3) is 0 Å². The second-order valence-corrected chi connectivity index (χ2v) is 5.61. The van der Waals surface area contributed by atoms with E-state index in [9.17, 15) is 18.4 Å². The minimum Gasteiger partial charge on any atom is -0.435 e. The third-order valence-electron chi connectivity index (χ3n) is 3.86. The van der Waals surface area contributed by atoms with Gasteiger partial charge in [0.05, 0.1) is 0 Å². The van der Waals surface area contributed by atoms with E-state index in [4.69, 9.17) is 0 Å². The fourth-order valence-electron chi connectivity index (χ4n) is 2.85. The Bertz CT molecular complexity index is 543. The molecule has 23 heavy (non-hydrogen) atoms. The molecule has 1 atom stereocenters. The summed E-state index contributed by atoms with van der Waals surface area (Å²) in [6, 6.07) is 5.09. The lowest BCUT2D eigenvalue weighted by molar-refractivity contribution is -0.126. The molecule has 1 fully saturated rings. The molecule has 7 heteroatoms. The van der Waals surface area contributed by atoms with E-state index in [0.717, 1.165) is 25.7 Å². The molecule has 0 heterocycles. The van der Waals surface area contributed by atoms with Crippen LogP contribution in [0.4, 0.5) is 14.5 Å². The van der Waals surface area contributed by atoms with Gasteiger partial charge >= 0.3 is 6.61 Å². The average Bonchev–Trinajstić information content (AvgIpc) is 3.00. The topological polar surface area (TPSA) is 67.4 Å². The summed E-state index contributed by atoms with van der Waals surface area (Å²) in [4.78, 5) is 23.8. The molecular formula is C16H20F2N2O3. The summed E-state index contributed by atoms with van der Waals surface area (Å²) in [5.41, 5.74) is 0.463. The van der Waals surface area contributed by atoms with Gasteiger partial charge in [0.15, 0.2) is 0 Å². The molecule has 1 aliphatic carbocycles. The number of benzene rings is 1. The van der Waals surface area contributed by atoms with Crippen molar-refractivity contribution in [2.75, 3.05) is 5.32 Å². The molecule has 126 valence electrons. The van der Waals surface area contributed by atoms with Crippen LogP contribution in [0.5, 0.6) is 5.75 Å². The molecule has 2 N–H and O–H groups in total. The molecule has 5 nitrogen and oxygen atoms in total. The Balaban J connectivity index is 2.00. The normalized spacial score (nSPS) is 16.2. The van der Waals surface area contributed by atoms with Crippen LogP contribution in [0.15, 0.2) is 24.3 Å². The van der Waals surface area contributed by atoms with E-state index in [1.165, 1.54) is 31.2 Å². The SMILES string of the molecule is CC(=O)NC(C(=O)Nc1ccc(OC(F)F)cc1)C1CCCC1. The number of hydrogen-bond donors (Lipinski definition) is 2. The van der Waals surface area contributed by atoms with Crippen LogP contribution in [0, 0.1) is 5.92 Å². The van der Waals surface area contributed by atoms with Crippen molar-refractivity contribution < 1.29 is 23.1 Å². The van der Waals surface area contributed by atoms with E-state index in [2.05, 4.69) is 15.4 Å². The molecule has 1 unspecified atom stereocenters. The van der Waals surface area contributed by atoms with Crippen molar-refractivity contribution in [1.82, 2.24) is 5.32 Å². The van der Waals surface area contributed by atoms with Crippen molar-refractivity contribution >= 4 is 17.5 Å². The van der Waals surface area contributed by atoms with E-state index in [0.29, 0.717) is 5.69 Å². The fraction of sp³-hybridized carbons (Fsp3) is 0.500. The number of nitrogens with one attached hydrogen (secondary N) is 2. The Morgan fingerprint density at radius 1 is 1.17 bits per heavy atom. The first-order valence-electron chi connectivity index (χ1n) is 7.58. The number of amides is 2. The van der Waals surface area contributed by atoms with Crippen LogP contribution in [0.3, 0.4) is 0 Å². The first-order valence-corrected chi connectivity index (χ1v) is 7.58. The number of hydrogen-bond acceptors (Lipinski definition) is 3. The van der Waals surface area contributed by atoms with Crippen LogP contribution in [-0.2, 0) is 9.59 Å². The standard InChI is InChI=1S/C16H20F2N2O3/c1-10(21)19-14(11-4-2-3-5-11)15(22)20-12-6-8-13(9-7-12)23-16(17)18/h6-9,11,14,16H,2-5H2,1H3,(H,19,21)(H,20,22). The highest BCUT2D eigenvalue weighted by atomic mass is 19.3. The summed E-state index contributed by atoms with van der Waals surface area (Å²) < 4.78 is 28.5. The summed E-state index contributed by atoms with van der Waals surface area (Å²) in [5.74, 6) is -0.403. The number of carbonyl (C=O) groups excluding carboxylic acids is 2. The lowest BCUT2D eigenvalue weighted by Gasteiger charge is -2.23. The Kier molecular flexibility index (Phi) is 5.90. The molecule has 1 aliphatic rings. The van der Waals surface area contributed by atoms with Crippen molar-refractivity contribution in [3.05, 3.63) is 24.3 Å². The predicted octanol–water partition coefficient (Wildman–Crippen LogP) is 2.92. The molecule has 0 aromatic heterocycles. The average molecular weight is 326 g/mol. The third-order valence-corrected chi connectivity index (χ3v) is 3.86. The van der Waals surface area contributed by atoms with Crippen molar-refractivity contribution in [3.63, 3.8) is 0 Å². The van der Waals surface area contributed by atoms with Crippen molar-refractivity contribution in [2.45, 2.75) is 45.3 Å². The van der Waals surface area contributed by atoms with Gasteiger partial charge in [0.2, 0.25) is 11.8 Å². The van der Waals surface area contributed by atoms with Gasteiger partial charge in [-0.15, -0.1) is 0 Å². The molecule has 1 saturated carbocycles. The summed E-state index contributed by atoms with van der Waals surface area (Å²) >= 11 is 0. The molecule has 0 bridgehead atoms. The lowest BCUT2D eigenvalue weighted by atomic mass is 9.97. The predicted molar refractivity (Wildman–Crippen MR) is 81.3 cm³/mol. The first kappa shape index (κ1) is 17.2. The highest BCUT2D eigenvalue weighted by molar-refractivity contribution is 5.97. The molecule has 2 amide bonds. The quantitative estimate of drug-likeness (QED) is 0.844. The Labute approximate surface area is 133 Å². The van der Waals surface area contributed by atoms with E-state index < -0.39 is 12.7 Å². The monoisotopic (exact) mass is 326 g/mol. The number of anilines is 1. The first-order chi connectivity index (χ1) is 11.0. The van der Waals surface area contributed by atoms with Gasteiger partial charge < -0.3 is 15.4 Å². The molecule has 0 saturated heterocycles. The molecule has 0 radical (unpaired) electrons. The van der Waals surface area contributed by atoms with Crippen molar-refractivity contribution in [3.8, 4) is 5.75 Å². The zero-order valence-electron chi connectivity index (χ0n) is 12.9.